The van der Waals surface area contributed by atoms with Gasteiger partial charge in [-0.25, -0.2) is 4.98 Å². The highest BCUT2D eigenvalue weighted by Crippen LogP contribution is 2.62. The molecule has 8 aliphatic rings. The van der Waals surface area contributed by atoms with E-state index < -0.39 is 0 Å². The molecule has 1 heterocycles. The van der Waals surface area contributed by atoms with Gasteiger partial charge in [-0.3, -0.25) is 19.4 Å². The van der Waals surface area contributed by atoms with Crippen molar-refractivity contribution >= 4 is 23.5 Å². The first kappa shape index (κ1) is 21.4. The Morgan fingerprint density at radius 3 is 1.24 bits per heavy atom. The number of pyridine rings is 1. The van der Waals surface area contributed by atoms with Crippen LogP contribution in [-0.2, 0) is 9.59 Å². The number of carbonyl (C=O) groups is 2. The van der Waals surface area contributed by atoms with E-state index in [1.165, 1.54) is 38.5 Å². The third-order valence-electron chi connectivity index (χ3n) is 11.0. The Bertz CT molecular complexity index is 884. The maximum atomic E-state index is 13.8. The number of rotatable bonds is 4. The van der Waals surface area contributed by atoms with E-state index in [0.29, 0.717) is 11.6 Å². The van der Waals surface area contributed by atoms with E-state index in [2.05, 4.69) is 0 Å². The summed E-state index contributed by atoms with van der Waals surface area (Å²) in [6.45, 7) is 0. The molecule has 1 aromatic heterocycles. The molecule has 0 radical (unpaired) electrons. The first-order valence-corrected chi connectivity index (χ1v) is 13.9. The summed E-state index contributed by atoms with van der Waals surface area (Å²) in [5, 5.41) is 0. The molecule has 5 heteroatoms. The Balaban J connectivity index is 1.12. The molecule has 182 valence electrons. The third-order valence-corrected chi connectivity index (χ3v) is 11.0. The number of nitrogens with zero attached hydrogens (tertiary/aromatic N) is 3. The van der Waals surface area contributed by atoms with Gasteiger partial charge in [0.2, 0.25) is 11.8 Å². The molecule has 0 unspecified atom stereocenters. The fourth-order valence-corrected chi connectivity index (χ4v) is 10.5. The zero-order valence-corrected chi connectivity index (χ0v) is 20.8. The fraction of sp³-hybridized carbons (Fsp3) is 0.759. The van der Waals surface area contributed by atoms with Crippen molar-refractivity contribution in [3.63, 3.8) is 0 Å². The predicted octanol–water partition coefficient (Wildman–Crippen LogP) is 5.44. The molecule has 0 atom stereocenters. The molecular formula is C29H39N3O2. The molecule has 0 saturated heterocycles. The number of anilines is 2. The molecular weight excluding hydrogens is 422 g/mol. The van der Waals surface area contributed by atoms with Crippen molar-refractivity contribution in [3.8, 4) is 0 Å². The van der Waals surface area contributed by atoms with E-state index >= 15 is 0 Å². The zero-order valence-electron chi connectivity index (χ0n) is 20.8. The first-order valence-electron chi connectivity index (χ1n) is 13.9. The first-order chi connectivity index (χ1) is 16.3. The molecule has 0 N–H and O–H groups in total. The molecule has 8 saturated carbocycles. The van der Waals surface area contributed by atoms with Gasteiger partial charge >= 0.3 is 0 Å². The summed E-state index contributed by atoms with van der Waals surface area (Å²) in [4.78, 5) is 36.2. The smallest absolute Gasteiger partial charge is 0.234 e. The second-order valence-corrected chi connectivity index (χ2v) is 13.5. The van der Waals surface area contributed by atoms with Crippen LogP contribution in [-0.4, -0.2) is 30.9 Å². The fourth-order valence-electron chi connectivity index (χ4n) is 10.5. The standard InChI is InChI=1S/C29H39N3O2/c1-31(26(33)28-12-18-6-19(13-28)8-20(7-18)14-28)24-4-3-5-25(30-24)32(2)27(34)29-15-21-9-22(16-29)11-23(10-21)17-29/h3-5,18-23H,6-17H2,1-2H3. The van der Waals surface area contributed by atoms with Gasteiger partial charge in [-0.2, -0.15) is 0 Å². The summed E-state index contributed by atoms with van der Waals surface area (Å²) < 4.78 is 0. The van der Waals surface area contributed by atoms with E-state index in [1.54, 1.807) is 9.80 Å². The lowest BCUT2D eigenvalue weighted by Gasteiger charge is -2.56. The highest BCUT2D eigenvalue weighted by atomic mass is 16.2. The van der Waals surface area contributed by atoms with Crippen LogP contribution in [0, 0.1) is 46.3 Å². The minimum absolute atomic E-state index is 0.178. The monoisotopic (exact) mass is 461 g/mol. The second kappa shape index (κ2) is 7.30. The summed E-state index contributed by atoms with van der Waals surface area (Å²) in [5.41, 5.74) is -0.357. The molecule has 8 fully saturated rings. The quantitative estimate of drug-likeness (QED) is 0.600. The minimum atomic E-state index is -0.178. The van der Waals surface area contributed by atoms with Crippen molar-refractivity contribution in [2.75, 3.05) is 23.9 Å². The van der Waals surface area contributed by atoms with Crippen LogP contribution in [0.1, 0.15) is 77.0 Å². The number of aromatic nitrogens is 1. The van der Waals surface area contributed by atoms with Gasteiger partial charge in [-0.15, -0.1) is 0 Å². The van der Waals surface area contributed by atoms with Crippen LogP contribution in [0.5, 0.6) is 0 Å². The molecule has 5 nitrogen and oxygen atoms in total. The van der Waals surface area contributed by atoms with Crippen LogP contribution in [0.4, 0.5) is 11.6 Å². The molecule has 0 aliphatic heterocycles. The van der Waals surface area contributed by atoms with Crippen molar-refractivity contribution in [3.05, 3.63) is 18.2 Å². The van der Waals surface area contributed by atoms with Crippen molar-refractivity contribution in [1.82, 2.24) is 4.98 Å². The maximum Gasteiger partial charge on any atom is 0.234 e. The Labute approximate surface area is 203 Å². The van der Waals surface area contributed by atoms with Gasteiger partial charge in [-0.1, -0.05) is 6.07 Å². The van der Waals surface area contributed by atoms with Crippen LogP contribution in [0.3, 0.4) is 0 Å². The molecule has 2 amide bonds. The Morgan fingerprint density at radius 1 is 0.647 bits per heavy atom. The minimum Gasteiger partial charge on any atom is -0.299 e. The maximum absolute atomic E-state index is 13.8. The normalized spacial score (nSPS) is 43.2. The summed E-state index contributed by atoms with van der Waals surface area (Å²) in [6, 6.07) is 5.83. The van der Waals surface area contributed by atoms with Crippen molar-refractivity contribution in [1.29, 1.82) is 0 Å². The van der Waals surface area contributed by atoms with Crippen molar-refractivity contribution in [2.45, 2.75) is 77.0 Å². The van der Waals surface area contributed by atoms with Gasteiger partial charge in [-0.05, 0) is 125 Å². The van der Waals surface area contributed by atoms with E-state index in [-0.39, 0.29) is 22.6 Å². The van der Waals surface area contributed by atoms with E-state index in [0.717, 1.165) is 74.0 Å². The molecule has 1 aromatic rings. The van der Waals surface area contributed by atoms with Crippen LogP contribution < -0.4 is 9.80 Å². The van der Waals surface area contributed by atoms with Crippen LogP contribution >= 0.6 is 0 Å². The average molecular weight is 462 g/mol. The Hall–Kier alpha value is -1.91. The van der Waals surface area contributed by atoms with Crippen molar-refractivity contribution in [2.24, 2.45) is 46.3 Å². The molecule has 8 aliphatic carbocycles. The zero-order chi connectivity index (χ0) is 23.2. The number of carbonyl (C=O) groups excluding carboxylic acids is 2. The topological polar surface area (TPSA) is 53.5 Å². The van der Waals surface area contributed by atoms with Gasteiger partial charge in [0.1, 0.15) is 11.6 Å². The van der Waals surface area contributed by atoms with Gasteiger partial charge in [0.05, 0.1) is 10.8 Å². The number of amides is 2. The summed E-state index contributed by atoms with van der Waals surface area (Å²) in [7, 11) is 3.79. The largest absolute Gasteiger partial charge is 0.299 e. The van der Waals surface area contributed by atoms with Gasteiger partial charge < -0.3 is 0 Å². The van der Waals surface area contributed by atoms with Gasteiger partial charge in [0.15, 0.2) is 0 Å². The molecule has 8 bridgehead atoms. The summed E-state index contributed by atoms with van der Waals surface area (Å²) >= 11 is 0. The van der Waals surface area contributed by atoms with Crippen LogP contribution in [0.2, 0.25) is 0 Å². The Kier molecular flexibility index (Phi) is 4.59. The van der Waals surface area contributed by atoms with Gasteiger partial charge in [0.25, 0.3) is 0 Å². The molecule has 0 aromatic carbocycles. The van der Waals surface area contributed by atoms with Crippen LogP contribution in [0.25, 0.3) is 0 Å². The predicted molar refractivity (Wildman–Crippen MR) is 132 cm³/mol. The second-order valence-electron chi connectivity index (χ2n) is 13.5. The van der Waals surface area contributed by atoms with Crippen LogP contribution in [0.15, 0.2) is 18.2 Å². The Morgan fingerprint density at radius 2 is 0.941 bits per heavy atom. The molecule has 9 rings (SSSR count). The van der Waals surface area contributed by atoms with E-state index in [4.69, 9.17) is 4.98 Å². The van der Waals surface area contributed by atoms with Gasteiger partial charge in [0, 0.05) is 14.1 Å². The molecule has 0 spiro atoms. The SMILES string of the molecule is CN(C(=O)C12CC3CC(CC(C3)C1)C2)c1cccc(N(C)C(=O)C23CC4CC(CC(C4)C2)C3)n1. The number of hydrogen-bond donors (Lipinski definition) is 0. The summed E-state index contributed by atoms with van der Waals surface area (Å²) in [6.07, 6.45) is 14.4. The van der Waals surface area contributed by atoms with Crippen molar-refractivity contribution < 1.29 is 9.59 Å². The lowest BCUT2D eigenvalue weighted by Crippen LogP contribution is -2.54. The lowest BCUT2D eigenvalue weighted by atomic mass is 9.49. The summed E-state index contributed by atoms with van der Waals surface area (Å²) in [5.74, 6) is 6.33. The highest BCUT2D eigenvalue weighted by Gasteiger charge is 2.57. The number of hydrogen-bond acceptors (Lipinski definition) is 3. The molecule has 34 heavy (non-hydrogen) atoms. The van der Waals surface area contributed by atoms with E-state index in [1.807, 2.05) is 32.3 Å². The highest BCUT2D eigenvalue weighted by molar-refractivity contribution is 5.98. The third kappa shape index (κ3) is 3.14. The lowest BCUT2D eigenvalue weighted by molar-refractivity contribution is -0.143. The average Bonchev–Trinajstić information content (AvgIpc) is 2.80. The van der Waals surface area contributed by atoms with E-state index in [9.17, 15) is 9.59 Å².